The highest BCUT2D eigenvalue weighted by Gasteiger charge is 1.99. The molecule has 19 heavy (non-hydrogen) atoms. The molecule has 0 aliphatic rings. The molecular formula is C13H14ClN3OS. The Hall–Kier alpha value is -1.59. The van der Waals surface area contributed by atoms with Crippen LogP contribution in [0.3, 0.4) is 0 Å². The fourth-order valence-electron chi connectivity index (χ4n) is 1.62. The maximum absolute atomic E-state index is 5.77. The maximum atomic E-state index is 5.77. The van der Waals surface area contributed by atoms with Gasteiger partial charge in [-0.3, -0.25) is 4.68 Å². The lowest BCUT2D eigenvalue weighted by atomic mass is 10.1. The fraction of sp³-hybridized carbons (Fsp3) is 0.231. The van der Waals surface area contributed by atoms with Crippen LogP contribution in [0, 0.1) is 0 Å². The monoisotopic (exact) mass is 295 g/mol. The molecule has 6 heteroatoms. The third-order valence-electron chi connectivity index (χ3n) is 2.49. The molecule has 4 nitrogen and oxygen atoms in total. The van der Waals surface area contributed by atoms with Crippen LogP contribution in [0.25, 0.3) is 0 Å². The van der Waals surface area contributed by atoms with Gasteiger partial charge in [-0.05, 0) is 17.7 Å². The Labute approximate surface area is 122 Å². The summed E-state index contributed by atoms with van der Waals surface area (Å²) in [4.78, 5) is 0.490. The number of benzene rings is 1. The summed E-state index contributed by atoms with van der Waals surface area (Å²) in [5.41, 5.74) is 6.57. The molecule has 0 atom stereocenters. The highest BCUT2D eigenvalue weighted by atomic mass is 35.5. The van der Waals surface area contributed by atoms with E-state index in [9.17, 15) is 0 Å². The second-order valence-electron chi connectivity index (χ2n) is 4.06. The van der Waals surface area contributed by atoms with Crippen LogP contribution in [0.4, 0.5) is 0 Å². The Balaban J connectivity index is 1.81. The molecule has 1 heterocycles. The molecule has 0 saturated heterocycles. The first kappa shape index (κ1) is 13.8. The van der Waals surface area contributed by atoms with Crippen molar-refractivity contribution in [2.24, 2.45) is 5.73 Å². The molecule has 100 valence electrons. The van der Waals surface area contributed by atoms with Gasteiger partial charge in [-0.2, -0.15) is 5.10 Å². The number of thiocarbonyl (C=S) groups is 1. The zero-order valence-electron chi connectivity index (χ0n) is 10.3. The quantitative estimate of drug-likeness (QED) is 0.832. The number of aromatic nitrogens is 2. The predicted molar refractivity (Wildman–Crippen MR) is 79.7 cm³/mol. The van der Waals surface area contributed by atoms with Gasteiger partial charge in [0, 0.05) is 12.6 Å². The van der Waals surface area contributed by atoms with E-state index < -0.39 is 0 Å². The first-order valence-corrected chi connectivity index (χ1v) is 6.60. The molecule has 0 bridgehead atoms. The summed E-state index contributed by atoms with van der Waals surface area (Å²) in [6.45, 7) is 1.19. The first-order valence-electron chi connectivity index (χ1n) is 5.81. The molecule has 0 aliphatic heterocycles. The van der Waals surface area contributed by atoms with Crippen LogP contribution < -0.4 is 10.5 Å². The smallest absolute Gasteiger partial charge is 0.119 e. The van der Waals surface area contributed by atoms with E-state index in [1.54, 1.807) is 17.1 Å². The Kier molecular flexibility index (Phi) is 4.76. The van der Waals surface area contributed by atoms with Crippen molar-refractivity contribution < 1.29 is 4.74 Å². The summed E-state index contributed by atoms with van der Waals surface area (Å²) in [5.74, 6) is 0.810. The number of hydrogen-bond acceptors (Lipinski definition) is 3. The van der Waals surface area contributed by atoms with Crippen molar-refractivity contribution in [3.63, 3.8) is 0 Å². The number of nitrogens with zero attached hydrogens (tertiary/aromatic N) is 2. The van der Waals surface area contributed by atoms with E-state index in [2.05, 4.69) is 5.10 Å². The average Bonchev–Trinajstić information content (AvgIpc) is 2.77. The van der Waals surface area contributed by atoms with Gasteiger partial charge in [0.1, 0.15) is 12.4 Å². The standard InChI is InChI=1S/C13H14ClN3OS/c14-11-8-16-17(9-11)5-6-18-12-3-1-10(2-4-12)7-13(15)19/h1-4,8-9H,5-7H2,(H2,15,19). The number of nitrogens with two attached hydrogens (primary N) is 1. The molecule has 0 spiro atoms. The summed E-state index contributed by atoms with van der Waals surface area (Å²) in [5, 5.41) is 4.70. The van der Waals surface area contributed by atoms with Crippen LogP contribution in [0.2, 0.25) is 5.02 Å². The Morgan fingerprint density at radius 3 is 2.68 bits per heavy atom. The van der Waals surface area contributed by atoms with Crippen molar-refractivity contribution in [2.75, 3.05) is 6.61 Å². The van der Waals surface area contributed by atoms with Gasteiger partial charge < -0.3 is 10.5 Å². The summed E-state index contributed by atoms with van der Waals surface area (Å²) in [6, 6.07) is 7.73. The molecule has 1 aromatic heterocycles. The molecule has 0 unspecified atom stereocenters. The summed E-state index contributed by atoms with van der Waals surface area (Å²) < 4.78 is 7.35. The van der Waals surface area contributed by atoms with Crippen LogP contribution in [0.1, 0.15) is 5.56 Å². The third kappa shape index (κ3) is 4.54. The van der Waals surface area contributed by atoms with Crippen LogP contribution in [-0.4, -0.2) is 21.4 Å². The molecule has 0 saturated carbocycles. The molecule has 2 N–H and O–H groups in total. The van der Waals surface area contributed by atoms with Gasteiger partial charge in [0.15, 0.2) is 0 Å². The topological polar surface area (TPSA) is 53.1 Å². The van der Waals surface area contributed by atoms with Gasteiger partial charge in [0.2, 0.25) is 0 Å². The first-order chi connectivity index (χ1) is 9.13. The lowest BCUT2D eigenvalue weighted by Gasteiger charge is -2.07. The van der Waals surface area contributed by atoms with Gasteiger partial charge >= 0.3 is 0 Å². The van der Waals surface area contributed by atoms with E-state index in [0.717, 1.165) is 11.3 Å². The van der Waals surface area contributed by atoms with E-state index >= 15 is 0 Å². The summed E-state index contributed by atoms with van der Waals surface area (Å²) >= 11 is 10.6. The van der Waals surface area contributed by atoms with Crippen molar-refractivity contribution in [3.05, 3.63) is 47.2 Å². The van der Waals surface area contributed by atoms with Gasteiger partial charge in [0.25, 0.3) is 0 Å². The van der Waals surface area contributed by atoms with Crippen molar-refractivity contribution >= 4 is 28.8 Å². The molecular weight excluding hydrogens is 282 g/mol. The van der Waals surface area contributed by atoms with E-state index in [0.29, 0.717) is 29.6 Å². The molecule has 0 fully saturated rings. The Morgan fingerprint density at radius 1 is 1.37 bits per heavy atom. The van der Waals surface area contributed by atoms with Gasteiger partial charge in [0.05, 0.1) is 22.8 Å². The van der Waals surface area contributed by atoms with E-state index in [1.807, 2.05) is 24.3 Å². The number of rotatable bonds is 6. The average molecular weight is 296 g/mol. The van der Waals surface area contributed by atoms with E-state index in [4.69, 9.17) is 34.3 Å². The van der Waals surface area contributed by atoms with E-state index in [1.165, 1.54) is 0 Å². The zero-order valence-corrected chi connectivity index (χ0v) is 11.8. The van der Waals surface area contributed by atoms with Crippen molar-refractivity contribution in [2.45, 2.75) is 13.0 Å². The van der Waals surface area contributed by atoms with Gasteiger partial charge in [-0.25, -0.2) is 0 Å². The van der Waals surface area contributed by atoms with Crippen molar-refractivity contribution in [1.29, 1.82) is 0 Å². The lowest BCUT2D eigenvalue weighted by Crippen LogP contribution is -2.11. The van der Waals surface area contributed by atoms with Crippen molar-refractivity contribution in [3.8, 4) is 5.75 Å². The predicted octanol–water partition coefficient (Wildman–Crippen LogP) is 2.44. The van der Waals surface area contributed by atoms with Crippen LogP contribution >= 0.6 is 23.8 Å². The Bertz CT molecular complexity index is 553. The minimum atomic E-state index is 0.490. The molecule has 1 aromatic carbocycles. The normalized spacial score (nSPS) is 10.4. The van der Waals surface area contributed by atoms with E-state index in [-0.39, 0.29) is 0 Å². The number of halogens is 1. The second-order valence-corrected chi connectivity index (χ2v) is 5.02. The number of ether oxygens (including phenoxy) is 1. The maximum Gasteiger partial charge on any atom is 0.119 e. The van der Waals surface area contributed by atoms with Crippen LogP contribution in [0.5, 0.6) is 5.75 Å². The molecule has 2 rings (SSSR count). The van der Waals surface area contributed by atoms with Crippen molar-refractivity contribution in [1.82, 2.24) is 9.78 Å². The third-order valence-corrected chi connectivity index (χ3v) is 2.83. The molecule has 0 aliphatic carbocycles. The zero-order chi connectivity index (χ0) is 13.7. The van der Waals surface area contributed by atoms with Gasteiger partial charge in [-0.15, -0.1) is 0 Å². The van der Waals surface area contributed by atoms with Crippen LogP contribution in [-0.2, 0) is 13.0 Å². The largest absolute Gasteiger partial charge is 0.492 e. The van der Waals surface area contributed by atoms with Crippen LogP contribution in [0.15, 0.2) is 36.7 Å². The molecule has 0 radical (unpaired) electrons. The molecule has 0 amide bonds. The van der Waals surface area contributed by atoms with Gasteiger partial charge in [-0.1, -0.05) is 36.0 Å². The second kappa shape index (κ2) is 6.54. The highest BCUT2D eigenvalue weighted by molar-refractivity contribution is 7.80. The summed E-state index contributed by atoms with van der Waals surface area (Å²) in [6.07, 6.45) is 3.98. The highest BCUT2D eigenvalue weighted by Crippen LogP contribution is 2.13. The fourth-order valence-corrected chi connectivity index (χ4v) is 1.95. The lowest BCUT2D eigenvalue weighted by molar-refractivity contribution is 0.291. The summed E-state index contributed by atoms with van der Waals surface area (Å²) in [7, 11) is 0. The minimum Gasteiger partial charge on any atom is -0.492 e. The Morgan fingerprint density at radius 2 is 2.11 bits per heavy atom. The number of hydrogen-bond donors (Lipinski definition) is 1. The molecule has 2 aromatic rings. The SMILES string of the molecule is NC(=S)Cc1ccc(OCCn2cc(Cl)cn2)cc1. The minimum absolute atomic E-state index is 0.490.